The summed E-state index contributed by atoms with van der Waals surface area (Å²) in [5.41, 5.74) is -0.476. The van der Waals surface area contributed by atoms with E-state index < -0.39 is 0 Å². The molecule has 0 saturated carbocycles. The van der Waals surface area contributed by atoms with Crippen molar-refractivity contribution in [3.05, 3.63) is 0 Å². The Morgan fingerprint density at radius 2 is 1.37 bits per heavy atom. The van der Waals surface area contributed by atoms with E-state index in [1.807, 2.05) is 34.7 Å². The van der Waals surface area contributed by atoms with E-state index in [9.17, 15) is 9.59 Å². The highest BCUT2D eigenvalue weighted by molar-refractivity contribution is 5.77. The van der Waals surface area contributed by atoms with Gasteiger partial charge < -0.3 is 25.4 Å². The molecule has 0 aliphatic heterocycles. The number of amides is 2. The Morgan fingerprint density at radius 1 is 0.815 bits per heavy atom. The number of hydrogen-bond donors (Lipinski definition) is 3. The molecule has 0 fully saturated rings. The van der Waals surface area contributed by atoms with Crippen LogP contribution in [0.2, 0.25) is 0 Å². The highest BCUT2D eigenvalue weighted by Crippen LogP contribution is 2.18. The average Bonchev–Trinajstić information content (AvgIpc) is 2.58. The van der Waals surface area contributed by atoms with Gasteiger partial charge in [0.2, 0.25) is 11.8 Å². The average molecular weight is 388 g/mol. The number of carbonyl (C=O) groups excluding carboxylic acids is 2. The van der Waals surface area contributed by atoms with Gasteiger partial charge in [-0.1, -0.05) is 0 Å². The van der Waals surface area contributed by atoms with Crippen LogP contribution in [0.25, 0.3) is 0 Å². The van der Waals surface area contributed by atoms with Crippen molar-refractivity contribution in [1.82, 2.24) is 16.0 Å². The van der Waals surface area contributed by atoms with Crippen LogP contribution in [0.4, 0.5) is 0 Å². The number of ether oxygens (including phenoxy) is 2. The lowest BCUT2D eigenvalue weighted by Crippen LogP contribution is -2.34. The standard InChI is InChI=1S/C20H41N3O4/c1-19(2,26-6)12-16-27-20(3,4)11-13-22-17(24)9-7-8-10-18(25)23-15-14-21-5/h21H,7-16H2,1-6H3,(H,22,24)(H,23,25). The quantitative estimate of drug-likeness (QED) is 0.353. The van der Waals surface area contributed by atoms with Crippen molar-refractivity contribution in [2.75, 3.05) is 40.4 Å². The van der Waals surface area contributed by atoms with Crippen LogP contribution in [0, 0.1) is 0 Å². The van der Waals surface area contributed by atoms with Gasteiger partial charge in [-0.3, -0.25) is 9.59 Å². The highest BCUT2D eigenvalue weighted by Gasteiger charge is 2.21. The summed E-state index contributed by atoms with van der Waals surface area (Å²) in [5.74, 6) is 0.0723. The first-order chi connectivity index (χ1) is 12.6. The van der Waals surface area contributed by atoms with E-state index in [0.29, 0.717) is 32.5 Å². The van der Waals surface area contributed by atoms with Gasteiger partial charge in [-0.2, -0.15) is 0 Å². The fraction of sp³-hybridized carbons (Fsp3) is 0.900. The lowest BCUT2D eigenvalue weighted by atomic mass is 10.0. The van der Waals surface area contributed by atoms with Gasteiger partial charge in [-0.25, -0.2) is 0 Å². The van der Waals surface area contributed by atoms with Crippen LogP contribution in [0.15, 0.2) is 0 Å². The Kier molecular flexibility index (Phi) is 13.3. The molecule has 0 aliphatic rings. The minimum absolute atomic E-state index is 0.0295. The molecule has 0 bridgehead atoms. The van der Waals surface area contributed by atoms with Crippen LogP contribution >= 0.6 is 0 Å². The summed E-state index contributed by atoms with van der Waals surface area (Å²) in [6, 6.07) is 0. The fourth-order valence-corrected chi connectivity index (χ4v) is 2.33. The van der Waals surface area contributed by atoms with E-state index in [0.717, 1.165) is 32.2 Å². The molecule has 0 rings (SSSR count). The molecule has 7 nitrogen and oxygen atoms in total. The van der Waals surface area contributed by atoms with Crippen LogP contribution in [-0.4, -0.2) is 63.4 Å². The van der Waals surface area contributed by atoms with Gasteiger partial charge in [0, 0.05) is 39.6 Å². The van der Waals surface area contributed by atoms with Crippen molar-refractivity contribution in [1.29, 1.82) is 0 Å². The van der Waals surface area contributed by atoms with Crippen LogP contribution in [0.3, 0.4) is 0 Å². The van der Waals surface area contributed by atoms with Crippen molar-refractivity contribution >= 4 is 11.8 Å². The zero-order valence-corrected chi connectivity index (χ0v) is 18.2. The molecule has 0 aliphatic carbocycles. The molecule has 0 radical (unpaired) electrons. The first-order valence-corrected chi connectivity index (χ1v) is 9.99. The number of hydrogen-bond acceptors (Lipinski definition) is 5. The number of methoxy groups -OCH3 is 1. The van der Waals surface area contributed by atoms with Crippen molar-refractivity contribution in [3.8, 4) is 0 Å². The van der Waals surface area contributed by atoms with Gasteiger partial charge >= 0.3 is 0 Å². The molecule has 0 spiro atoms. The fourth-order valence-electron chi connectivity index (χ4n) is 2.33. The molecule has 7 heteroatoms. The van der Waals surface area contributed by atoms with E-state index in [1.165, 1.54) is 0 Å². The largest absolute Gasteiger partial charge is 0.379 e. The van der Waals surface area contributed by atoms with E-state index in [2.05, 4.69) is 16.0 Å². The monoisotopic (exact) mass is 387 g/mol. The molecule has 3 N–H and O–H groups in total. The Balaban J connectivity index is 3.75. The second kappa shape index (κ2) is 13.9. The predicted molar refractivity (Wildman–Crippen MR) is 109 cm³/mol. The Hall–Kier alpha value is -1.18. The zero-order chi connectivity index (χ0) is 20.8. The molecule has 0 aromatic rings. The number of likely N-dealkylation sites (N-methyl/N-ethyl adjacent to an activating group) is 1. The number of carbonyl (C=O) groups is 2. The molecule has 27 heavy (non-hydrogen) atoms. The molecule has 0 atom stereocenters. The molecule has 0 heterocycles. The van der Waals surface area contributed by atoms with Crippen molar-refractivity contribution in [2.24, 2.45) is 0 Å². The summed E-state index contributed by atoms with van der Waals surface area (Å²) in [5, 5.41) is 8.74. The topological polar surface area (TPSA) is 88.7 Å². The Morgan fingerprint density at radius 3 is 1.89 bits per heavy atom. The molecule has 0 saturated heterocycles. The van der Waals surface area contributed by atoms with Crippen molar-refractivity contribution in [2.45, 2.75) is 77.4 Å². The van der Waals surface area contributed by atoms with E-state index in [4.69, 9.17) is 9.47 Å². The van der Waals surface area contributed by atoms with Crippen LogP contribution in [0.5, 0.6) is 0 Å². The first-order valence-electron chi connectivity index (χ1n) is 9.99. The third-order valence-corrected chi connectivity index (χ3v) is 4.55. The molecule has 0 aromatic carbocycles. The third-order valence-electron chi connectivity index (χ3n) is 4.55. The summed E-state index contributed by atoms with van der Waals surface area (Å²) < 4.78 is 11.3. The molecule has 0 aromatic heterocycles. The maximum Gasteiger partial charge on any atom is 0.220 e. The predicted octanol–water partition coefficient (Wildman–Crippen LogP) is 2.00. The minimum atomic E-state index is -0.289. The summed E-state index contributed by atoms with van der Waals surface area (Å²) in [6.45, 7) is 10.7. The summed E-state index contributed by atoms with van der Waals surface area (Å²) in [4.78, 5) is 23.4. The molecular formula is C20H41N3O4. The van der Waals surface area contributed by atoms with Crippen LogP contribution in [0.1, 0.15) is 66.2 Å². The SMILES string of the molecule is CNCCNC(=O)CCCCC(=O)NCCC(C)(C)OCCC(C)(C)OC. The lowest BCUT2D eigenvalue weighted by Gasteiger charge is -2.29. The zero-order valence-electron chi connectivity index (χ0n) is 18.2. The second-order valence-electron chi connectivity index (χ2n) is 8.08. The van der Waals surface area contributed by atoms with Gasteiger partial charge in [-0.05, 0) is 60.4 Å². The smallest absolute Gasteiger partial charge is 0.220 e. The number of unbranched alkanes of at least 4 members (excludes halogenated alkanes) is 1. The molecule has 0 unspecified atom stereocenters. The Bertz CT molecular complexity index is 425. The lowest BCUT2D eigenvalue weighted by molar-refractivity contribution is -0.123. The maximum atomic E-state index is 11.9. The second-order valence-corrected chi connectivity index (χ2v) is 8.08. The van der Waals surface area contributed by atoms with Crippen molar-refractivity contribution in [3.63, 3.8) is 0 Å². The van der Waals surface area contributed by atoms with Gasteiger partial charge in [0.15, 0.2) is 0 Å². The first kappa shape index (κ1) is 25.8. The third kappa shape index (κ3) is 15.6. The van der Waals surface area contributed by atoms with E-state index >= 15 is 0 Å². The number of nitrogens with one attached hydrogen (secondary N) is 3. The van der Waals surface area contributed by atoms with Crippen molar-refractivity contribution < 1.29 is 19.1 Å². The van der Waals surface area contributed by atoms with Gasteiger partial charge in [0.25, 0.3) is 0 Å². The Labute approximate surface area is 165 Å². The molecule has 160 valence electrons. The van der Waals surface area contributed by atoms with E-state index in [1.54, 1.807) is 7.11 Å². The van der Waals surface area contributed by atoms with Gasteiger partial charge in [-0.15, -0.1) is 0 Å². The number of rotatable bonds is 16. The van der Waals surface area contributed by atoms with E-state index in [-0.39, 0.29) is 23.0 Å². The summed E-state index contributed by atoms with van der Waals surface area (Å²) in [6.07, 6.45) is 3.94. The maximum absolute atomic E-state index is 11.9. The summed E-state index contributed by atoms with van der Waals surface area (Å²) >= 11 is 0. The molecular weight excluding hydrogens is 346 g/mol. The van der Waals surface area contributed by atoms with Crippen LogP contribution < -0.4 is 16.0 Å². The van der Waals surface area contributed by atoms with Crippen LogP contribution in [-0.2, 0) is 19.1 Å². The normalized spacial score (nSPS) is 12.1. The highest BCUT2D eigenvalue weighted by atomic mass is 16.5. The van der Waals surface area contributed by atoms with Gasteiger partial charge in [0.1, 0.15) is 0 Å². The molecule has 2 amide bonds. The van der Waals surface area contributed by atoms with Gasteiger partial charge in [0.05, 0.1) is 17.8 Å². The summed E-state index contributed by atoms with van der Waals surface area (Å²) in [7, 11) is 3.55. The minimum Gasteiger partial charge on any atom is -0.379 e.